The van der Waals surface area contributed by atoms with E-state index >= 15 is 0 Å². The molecule has 0 atom stereocenters. The first kappa shape index (κ1) is 25.1. The van der Waals surface area contributed by atoms with Crippen molar-refractivity contribution in [2.75, 3.05) is 11.9 Å². The van der Waals surface area contributed by atoms with Crippen LogP contribution in [0.1, 0.15) is 18.1 Å². The van der Waals surface area contributed by atoms with Crippen LogP contribution in [0.2, 0.25) is 10.0 Å². The van der Waals surface area contributed by atoms with Crippen LogP contribution >= 0.6 is 23.2 Å². The zero-order valence-electron chi connectivity index (χ0n) is 19.4. The molecule has 0 aromatic heterocycles. The van der Waals surface area contributed by atoms with E-state index in [9.17, 15) is 10.1 Å². The lowest BCUT2D eigenvalue weighted by Crippen LogP contribution is -2.13. The van der Waals surface area contributed by atoms with Crippen molar-refractivity contribution in [3.05, 3.63) is 106 Å². The van der Waals surface area contributed by atoms with Gasteiger partial charge in [0.25, 0.3) is 5.91 Å². The van der Waals surface area contributed by atoms with Gasteiger partial charge in [-0.1, -0.05) is 71.7 Å². The second kappa shape index (κ2) is 11.6. The van der Waals surface area contributed by atoms with Gasteiger partial charge in [0.2, 0.25) is 0 Å². The minimum Gasteiger partial charge on any atom is -0.490 e. The molecule has 0 saturated carbocycles. The molecule has 4 aromatic rings. The number of carbonyl (C=O) groups excluding carboxylic acids is 1. The number of carbonyl (C=O) groups is 1. The van der Waals surface area contributed by atoms with Gasteiger partial charge in [-0.2, -0.15) is 5.26 Å². The van der Waals surface area contributed by atoms with Crippen LogP contribution in [0.3, 0.4) is 0 Å². The minimum atomic E-state index is -0.496. The Morgan fingerprint density at radius 2 is 1.78 bits per heavy atom. The van der Waals surface area contributed by atoms with Gasteiger partial charge in [-0.05, 0) is 54.3 Å². The Balaban J connectivity index is 1.55. The summed E-state index contributed by atoms with van der Waals surface area (Å²) in [6, 6.07) is 25.8. The quantitative estimate of drug-likeness (QED) is 0.192. The molecule has 0 heterocycles. The summed E-state index contributed by atoms with van der Waals surface area (Å²) in [5, 5.41) is 15.5. The summed E-state index contributed by atoms with van der Waals surface area (Å²) in [5.41, 5.74) is 2.01. The summed E-state index contributed by atoms with van der Waals surface area (Å²) in [7, 11) is 0. The van der Waals surface area contributed by atoms with Crippen LogP contribution in [-0.2, 0) is 11.4 Å². The van der Waals surface area contributed by atoms with Gasteiger partial charge in [0.15, 0.2) is 11.5 Å². The number of hydrogen-bond donors (Lipinski definition) is 1. The number of anilines is 1. The fourth-order valence-electron chi connectivity index (χ4n) is 3.64. The molecule has 5 nitrogen and oxygen atoms in total. The summed E-state index contributed by atoms with van der Waals surface area (Å²) in [6.45, 7) is 2.50. The van der Waals surface area contributed by atoms with Crippen molar-refractivity contribution < 1.29 is 14.3 Å². The van der Waals surface area contributed by atoms with Crippen LogP contribution in [0.5, 0.6) is 11.5 Å². The molecule has 0 aliphatic rings. The SMILES string of the molecule is CCOc1cc(/C=C(\C#N)C(=O)Nc2cccc3ccccc23)ccc1OCc1ccc(Cl)cc1Cl. The molecule has 0 radical (unpaired) electrons. The number of nitriles is 1. The van der Waals surface area contributed by atoms with Crippen LogP contribution in [0, 0.1) is 11.3 Å². The number of halogens is 2. The molecular weight excluding hydrogens is 495 g/mol. The second-order valence-electron chi connectivity index (χ2n) is 7.81. The second-order valence-corrected chi connectivity index (χ2v) is 8.66. The van der Waals surface area contributed by atoms with Crippen LogP contribution in [0.15, 0.2) is 84.4 Å². The maximum absolute atomic E-state index is 12.9. The van der Waals surface area contributed by atoms with Crippen molar-refractivity contribution in [1.82, 2.24) is 0 Å². The third-order valence-electron chi connectivity index (χ3n) is 5.38. The summed E-state index contributed by atoms with van der Waals surface area (Å²) in [5.74, 6) is 0.506. The zero-order valence-corrected chi connectivity index (χ0v) is 20.9. The summed E-state index contributed by atoms with van der Waals surface area (Å²) < 4.78 is 11.7. The number of ether oxygens (including phenoxy) is 2. The standard InChI is InChI=1S/C29H22Cl2N2O3/c1-2-35-28-15-19(10-13-27(28)36-18-21-11-12-23(30)16-25(21)31)14-22(17-32)29(34)33-26-9-5-7-20-6-3-4-8-24(20)26/h3-16H,2,18H2,1H3,(H,33,34)/b22-14+. The number of fused-ring (bicyclic) bond motifs is 1. The van der Waals surface area contributed by atoms with Crippen molar-refractivity contribution in [1.29, 1.82) is 5.26 Å². The Bertz CT molecular complexity index is 1490. The van der Waals surface area contributed by atoms with Gasteiger partial charge in [0.1, 0.15) is 18.2 Å². The molecule has 0 unspecified atom stereocenters. The van der Waals surface area contributed by atoms with Gasteiger partial charge in [0.05, 0.1) is 6.61 Å². The van der Waals surface area contributed by atoms with E-state index in [4.69, 9.17) is 32.7 Å². The molecule has 0 spiro atoms. The topological polar surface area (TPSA) is 71.3 Å². The molecule has 0 aliphatic heterocycles. The Morgan fingerprint density at radius 1 is 0.972 bits per heavy atom. The molecule has 1 amide bonds. The zero-order chi connectivity index (χ0) is 25.5. The Kier molecular flexibility index (Phi) is 8.12. The Labute approximate surface area is 219 Å². The van der Waals surface area contributed by atoms with E-state index in [1.54, 1.807) is 36.4 Å². The van der Waals surface area contributed by atoms with Gasteiger partial charge in [-0.15, -0.1) is 0 Å². The van der Waals surface area contributed by atoms with Crippen LogP contribution < -0.4 is 14.8 Å². The third-order valence-corrected chi connectivity index (χ3v) is 5.97. The molecule has 0 aliphatic carbocycles. The van der Waals surface area contributed by atoms with E-state index in [0.29, 0.717) is 39.4 Å². The monoisotopic (exact) mass is 516 g/mol. The molecule has 36 heavy (non-hydrogen) atoms. The largest absolute Gasteiger partial charge is 0.490 e. The molecule has 7 heteroatoms. The van der Waals surface area contributed by atoms with E-state index in [1.807, 2.05) is 55.5 Å². The molecule has 180 valence electrons. The predicted octanol–water partition coefficient (Wildman–Crippen LogP) is 7.67. The Hall–Kier alpha value is -3.98. The van der Waals surface area contributed by atoms with E-state index < -0.39 is 5.91 Å². The molecule has 0 fully saturated rings. The van der Waals surface area contributed by atoms with E-state index in [0.717, 1.165) is 16.3 Å². The van der Waals surface area contributed by atoms with Crippen molar-refractivity contribution >= 4 is 51.6 Å². The average molecular weight is 517 g/mol. The number of nitrogens with one attached hydrogen (secondary N) is 1. The Morgan fingerprint density at radius 3 is 2.56 bits per heavy atom. The molecular formula is C29H22Cl2N2O3. The molecule has 0 bridgehead atoms. The van der Waals surface area contributed by atoms with Gasteiger partial charge in [-0.3, -0.25) is 4.79 Å². The number of benzene rings is 4. The van der Waals surface area contributed by atoms with Crippen LogP contribution in [0.4, 0.5) is 5.69 Å². The first-order chi connectivity index (χ1) is 17.5. The summed E-state index contributed by atoms with van der Waals surface area (Å²) >= 11 is 12.2. The smallest absolute Gasteiger partial charge is 0.266 e. The summed E-state index contributed by atoms with van der Waals surface area (Å²) in [4.78, 5) is 12.9. The maximum Gasteiger partial charge on any atom is 0.266 e. The van der Waals surface area contributed by atoms with Crippen molar-refractivity contribution in [3.63, 3.8) is 0 Å². The lowest BCUT2D eigenvalue weighted by Gasteiger charge is -2.13. The highest BCUT2D eigenvalue weighted by molar-refractivity contribution is 6.35. The average Bonchev–Trinajstić information content (AvgIpc) is 2.88. The summed E-state index contributed by atoms with van der Waals surface area (Å²) in [6.07, 6.45) is 1.52. The molecule has 4 aromatic carbocycles. The van der Waals surface area contributed by atoms with E-state index in [1.165, 1.54) is 6.08 Å². The number of hydrogen-bond acceptors (Lipinski definition) is 4. The predicted molar refractivity (Wildman–Crippen MR) is 145 cm³/mol. The fraction of sp³-hybridized carbons (Fsp3) is 0.103. The normalized spacial score (nSPS) is 11.1. The lowest BCUT2D eigenvalue weighted by molar-refractivity contribution is -0.112. The highest BCUT2D eigenvalue weighted by Crippen LogP contribution is 2.31. The van der Waals surface area contributed by atoms with Crippen LogP contribution in [-0.4, -0.2) is 12.5 Å². The highest BCUT2D eigenvalue weighted by atomic mass is 35.5. The maximum atomic E-state index is 12.9. The number of nitrogens with zero attached hydrogens (tertiary/aromatic N) is 1. The van der Waals surface area contributed by atoms with Gasteiger partial charge < -0.3 is 14.8 Å². The minimum absolute atomic E-state index is 0.0352. The number of rotatable bonds is 8. The molecule has 0 saturated heterocycles. The highest BCUT2D eigenvalue weighted by Gasteiger charge is 2.13. The first-order valence-corrected chi connectivity index (χ1v) is 12.0. The van der Waals surface area contributed by atoms with Gasteiger partial charge in [-0.25, -0.2) is 0 Å². The fourth-order valence-corrected chi connectivity index (χ4v) is 4.10. The van der Waals surface area contributed by atoms with Crippen molar-refractivity contribution in [3.8, 4) is 17.6 Å². The van der Waals surface area contributed by atoms with Crippen LogP contribution in [0.25, 0.3) is 16.8 Å². The van der Waals surface area contributed by atoms with Gasteiger partial charge in [0, 0.05) is 26.7 Å². The lowest BCUT2D eigenvalue weighted by atomic mass is 10.1. The number of amides is 1. The molecule has 4 rings (SSSR count). The van der Waals surface area contributed by atoms with Crippen molar-refractivity contribution in [2.45, 2.75) is 13.5 Å². The van der Waals surface area contributed by atoms with Gasteiger partial charge >= 0.3 is 0 Å². The first-order valence-electron chi connectivity index (χ1n) is 11.2. The van der Waals surface area contributed by atoms with Crippen molar-refractivity contribution in [2.24, 2.45) is 0 Å². The third kappa shape index (κ3) is 5.98. The molecule has 1 N–H and O–H groups in total. The van der Waals surface area contributed by atoms with E-state index in [2.05, 4.69) is 5.32 Å². The van der Waals surface area contributed by atoms with E-state index in [-0.39, 0.29) is 12.2 Å².